The van der Waals surface area contributed by atoms with Crippen molar-refractivity contribution in [2.24, 2.45) is 40.2 Å². The Morgan fingerprint density at radius 2 is 1.80 bits per heavy atom. The third-order valence-corrected chi connectivity index (χ3v) is 13.8. The topological polar surface area (TPSA) is 179 Å². The average Bonchev–Trinajstić information content (AvgIpc) is 3.51. The number of primary amides is 1. The van der Waals surface area contributed by atoms with E-state index in [1.165, 1.54) is 0 Å². The molecule has 0 aromatic heterocycles. The number of fused-ring (bicyclic) bond motifs is 2. The smallest absolute Gasteiger partial charge is 0.340 e. The van der Waals surface area contributed by atoms with Crippen LogP contribution < -0.4 is 11.1 Å². The van der Waals surface area contributed by atoms with Crippen molar-refractivity contribution < 1.29 is 48.3 Å². The SMILES string of the molecule is CCN1C[C@]2(COC(=O)c3ccccc3NC(=O)CCC(N)=O)CC[C@@H](OC)[C@@]34[C@@H]5C[C@H]6[C@H](OC)[C@@H]5[C@](O)(C[C@@H]6OC)[C@@](O)([C@@H](OC)[C@H]23)[C@@H]14. The lowest BCUT2D eigenvalue weighted by Gasteiger charge is -2.70. The monoisotopic (exact) mass is 685 g/mol. The summed E-state index contributed by atoms with van der Waals surface area (Å²) in [5.74, 6) is -2.33. The number of piperidine rings is 1. The molecule has 0 unspecified atom stereocenters. The first-order chi connectivity index (χ1) is 23.4. The lowest BCUT2D eigenvalue weighted by molar-refractivity contribution is -0.320. The molecule has 6 aliphatic rings. The van der Waals surface area contributed by atoms with Gasteiger partial charge in [0.25, 0.3) is 0 Å². The van der Waals surface area contributed by atoms with Crippen LogP contribution in [0.15, 0.2) is 24.3 Å². The second-order valence-corrected chi connectivity index (χ2v) is 15.3. The zero-order valence-corrected chi connectivity index (χ0v) is 29.1. The zero-order valence-electron chi connectivity index (χ0n) is 29.1. The summed E-state index contributed by atoms with van der Waals surface area (Å²) in [6.45, 7) is 3.25. The average molecular weight is 686 g/mol. The van der Waals surface area contributed by atoms with Crippen LogP contribution in [-0.2, 0) is 33.3 Å². The molecule has 1 aliphatic heterocycles. The fraction of sp³-hybridized carbons (Fsp3) is 0.750. The number of amides is 2. The van der Waals surface area contributed by atoms with Gasteiger partial charge in [0, 0.05) is 82.8 Å². The molecule has 6 fully saturated rings. The maximum absolute atomic E-state index is 13.9. The van der Waals surface area contributed by atoms with E-state index in [1.807, 2.05) is 0 Å². The molecule has 13 heteroatoms. The molecular weight excluding hydrogens is 634 g/mol. The van der Waals surface area contributed by atoms with Crippen molar-refractivity contribution in [1.29, 1.82) is 0 Å². The Kier molecular flexibility index (Phi) is 8.69. The van der Waals surface area contributed by atoms with E-state index in [0.29, 0.717) is 25.9 Å². The van der Waals surface area contributed by atoms with Crippen LogP contribution in [0.4, 0.5) is 5.69 Å². The summed E-state index contributed by atoms with van der Waals surface area (Å²) >= 11 is 0. The number of methoxy groups -OCH3 is 4. The number of ether oxygens (including phenoxy) is 5. The Morgan fingerprint density at radius 1 is 1.04 bits per heavy atom. The van der Waals surface area contributed by atoms with E-state index >= 15 is 0 Å². The Balaban J connectivity index is 1.29. The van der Waals surface area contributed by atoms with Crippen molar-refractivity contribution >= 4 is 23.5 Å². The summed E-state index contributed by atoms with van der Waals surface area (Å²) in [5.41, 5.74) is 1.14. The van der Waals surface area contributed by atoms with Gasteiger partial charge in [0.2, 0.25) is 11.8 Å². The van der Waals surface area contributed by atoms with Crippen molar-refractivity contribution in [1.82, 2.24) is 4.90 Å². The first kappa shape index (κ1) is 34.8. The Hall–Kier alpha value is -2.65. The molecular formula is C36H51N3O10. The molecule has 5 aliphatic carbocycles. The van der Waals surface area contributed by atoms with Crippen molar-refractivity contribution in [2.75, 3.05) is 53.5 Å². The minimum atomic E-state index is -1.69. The highest BCUT2D eigenvalue weighted by Crippen LogP contribution is 2.80. The molecule has 13 atom stereocenters. The number of nitrogens with zero attached hydrogens (tertiary/aromatic N) is 1. The number of aliphatic hydroxyl groups is 2. The molecule has 7 bridgehead atoms. The molecule has 1 spiro atoms. The van der Waals surface area contributed by atoms with Crippen LogP contribution in [0, 0.1) is 34.5 Å². The van der Waals surface area contributed by atoms with Crippen LogP contribution in [0.2, 0.25) is 0 Å². The predicted octanol–water partition coefficient (Wildman–Crippen LogP) is 1.34. The normalized spacial score (nSPS) is 44.4. The van der Waals surface area contributed by atoms with Gasteiger partial charge in [-0.15, -0.1) is 0 Å². The largest absolute Gasteiger partial charge is 0.461 e. The summed E-state index contributed by atoms with van der Waals surface area (Å²) in [6.07, 6.45) is 0.513. The van der Waals surface area contributed by atoms with Gasteiger partial charge >= 0.3 is 5.97 Å². The van der Waals surface area contributed by atoms with E-state index in [1.54, 1.807) is 52.7 Å². The second kappa shape index (κ2) is 12.2. The van der Waals surface area contributed by atoms with Gasteiger partial charge in [0.1, 0.15) is 11.2 Å². The number of anilines is 1. The van der Waals surface area contributed by atoms with Crippen LogP contribution in [-0.4, -0.2) is 123 Å². The molecule has 2 amide bonds. The Bertz CT molecular complexity index is 1490. The van der Waals surface area contributed by atoms with E-state index in [0.717, 1.165) is 6.42 Å². The zero-order chi connectivity index (χ0) is 35.1. The number of benzene rings is 1. The van der Waals surface area contributed by atoms with Gasteiger partial charge in [-0.3, -0.25) is 14.5 Å². The molecule has 5 N–H and O–H groups in total. The molecule has 0 radical (unpaired) electrons. The third kappa shape index (κ3) is 4.45. The molecule has 49 heavy (non-hydrogen) atoms. The number of esters is 1. The Morgan fingerprint density at radius 3 is 2.45 bits per heavy atom. The molecule has 13 nitrogen and oxygen atoms in total. The number of para-hydroxylation sites is 1. The summed E-state index contributed by atoms with van der Waals surface area (Å²) in [6, 6.07) is 6.14. The van der Waals surface area contributed by atoms with E-state index in [2.05, 4.69) is 17.1 Å². The minimum Gasteiger partial charge on any atom is -0.461 e. The maximum atomic E-state index is 13.9. The quantitative estimate of drug-likeness (QED) is 0.233. The highest BCUT2D eigenvalue weighted by molar-refractivity contribution is 6.01. The highest BCUT2D eigenvalue weighted by Gasteiger charge is 2.91. The van der Waals surface area contributed by atoms with Crippen molar-refractivity contribution in [3.8, 4) is 0 Å². The summed E-state index contributed by atoms with van der Waals surface area (Å²) in [7, 11) is 6.68. The van der Waals surface area contributed by atoms with Gasteiger partial charge in [0.05, 0.1) is 48.3 Å². The van der Waals surface area contributed by atoms with E-state index in [9.17, 15) is 24.6 Å². The lowest BCUT2D eigenvalue weighted by Crippen LogP contribution is -2.82. The first-order valence-electron chi connectivity index (χ1n) is 17.6. The number of nitrogens with one attached hydrogen (secondary N) is 1. The van der Waals surface area contributed by atoms with Crippen molar-refractivity contribution in [3.63, 3.8) is 0 Å². The van der Waals surface area contributed by atoms with Crippen LogP contribution in [0.3, 0.4) is 0 Å². The van der Waals surface area contributed by atoms with Gasteiger partial charge in [-0.25, -0.2) is 4.79 Å². The number of rotatable bonds is 12. The third-order valence-electron chi connectivity index (χ3n) is 13.8. The number of nitrogens with two attached hydrogens (primary N) is 1. The Labute approximate surface area is 287 Å². The van der Waals surface area contributed by atoms with E-state index in [4.69, 9.17) is 29.4 Å². The standard InChI is InChI=1S/C36H51N3O10/c1-6-39-17-33(18-49-31(42)19-9-7-8-10-22(19)38-26(41)12-11-25(37)40)14-13-24(46-3)35-21-15-20-23(45-2)16-34(43,27(21)28(20)47-4)36(44,32(35)39)30(48-5)29(33)35/h7-10,20-21,23-24,27-30,32,43-44H,6,11-18H2,1-5H3,(H2,37,40)(H,38,41)/t20-,21-,23+,24-,27-,28+,29-,30+,32+,33+,34-,35+,36-/m1/s1. The highest BCUT2D eigenvalue weighted by atomic mass is 16.5. The van der Waals surface area contributed by atoms with Gasteiger partial charge in [-0.1, -0.05) is 19.1 Å². The number of hydrogen-bond donors (Lipinski definition) is 4. The van der Waals surface area contributed by atoms with E-state index in [-0.39, 0.29) is 79.1 Å². The summed E-state index contributed by atoms with van der Waals surface area (Å²) < 4.78 is 31.3. The minimum absolute atomic E-state index is 0.0424. The lowest BCUT2D eigenvalue weighted by atomic mass is 9.42. The van der Waals surface area contributed by atoms with Gasteiger partial charge in [-0.2, -0.15) is 0 Å². The molecule has 1 aromatic carbocycles. The van der Waals surface area contributed by atoms with E-state index < -0.39 is 52.0 Å². The van der Waals surface area contributed by atoms with Crippen LogP contribution in [0.1, 0.15) is 55.8 Å². The number of likely N-dealkylation sites (tertiary alicyclic amines) is 1. The second-order valence-electron chi connectivity index (χ2n) is 15.3. The fourth-order valence-corrected chi connectivity index (χ4v) is 12.5. The first-order valence-corrected chi connectivity index (χ1v) is 17.6. The molecule has 270 valence electrons. The molecule has 1 saturated heterocycles. The summed E-state index contributed by atoms with van der Waals surface area (Å²) in [5, 5.41) is 29.2. The van der Waals surface area contributed by atoms with Crippen molar-refractivity contribution in [2.45, 2.75) is 87.1 Å². The number of hydrogen-bond acceptors (Lipinski definition) is 11. The van der Waals surface area contributed by atoms with Gasteiger partial charge in [0.15, 0.2) is 0 Å². The molecule has 1 aromatic rings. The molecule has 7 rings (SSSR count). The maximum Gasteiger partial charge on any atom is 0.340 e. The molecule has 5 saturated carbocycles. The van der Waals surface area contributed by atoms with Gasteiger partial charge in [-0.05, 0) is 43.9 Å². The van der Waals surface area contributed by atoms with Crippen LogP contribution in [0.5, 0.6) is 0 Å². The number of carbonyl (C=O) groups excluding carboxylic acids is 3. The molecule has 1 heterocycles. The number of carbonyl (C=O) groups is 3. The fourth-order valence-electron chi connectivity index (χ4n) is 12.5. The van der Waals surface area contributed by atoms with Crippen molar-refractivity contribution in [3.05, 3.63) is 29.8 Å². The predicted molar refractivity (Wildman–Crippen MR) is 175 cm³/mol. The number of likely N-dealkylation sites (N-methyl/N-ethyl adjacent to an activating group) is 1. The van der Waals surface area contributed by atoms with Gasteiger partial charge < -0.3 is 44.9 Å². The summed E-state index contributed by atoms with van der Waals surface area (Å²) in [4.78, 5) is 39.9. The van der Waals surface area contributed by atoms with Crippen LogP contribution in [0.25, 0.3) is 0 Å². The van der Waals surface area contributed by atoms with Crippen LogP contribution >= 0.6 is 0 Å².